The number of anilines is 1. The van der Waals surface area contributed by atoms with E-state index in [1.165, 1.54) is 23.1 Å². The van der Waals surface area contributed by atoms with Gasteiger partial charge in [0.2, 0.25) is 6.79 Å². The zero-order valence-corrected chi connectivity index (χ0v) is 22.9. The lowest BCUT2D eigenvalue weighted by molar-refractivity contribution is -0.173. The fourth-order valence-electron chi connectivity index (χ4n) is 3.51. The van der Waals surface area contributed by atoms with Crippen LogP contribution in [-0.4, -0.2) is 70.3 Å². The number of carbonyl (C=O) groups excluding carboxylic acids is 5. The van der Waals surface area contributed by atoms with Gasteiger partial charge in [-0.05, 0) is 27.2 Å². The SMILES string of the molecule is CC/C=C(/C(=O)N[C@@H]1C(=O)N2C(C(=O)OCOC(=O)C(C)(C)C)=C(COC(N)=O)CS[C@@H]12)c1csc(N)n1. The van der Waals surface area contributed by atoms with Crippen molar-refractivity contribution in [1.29, 1.82) is 0 Å². The summed E-state index contributed by atoms with van der Waals surface area (Å²) in [5.74, 6) is -2.45. The van der Waals surface area contributed by atoms with Gasteiger partial charge in [0.1, 0.15) is 23.7 Å². The van der Waals surface area contributed by atoms with Crippen LogP contribution >= 0.6 is 23.1 Å². The average molecular weight is 568 g/mol. The van der Waals surface area contributed by atoms with Crippen LogP contribution in [0.15, 0.2) is 22.7 Å². The maximum absolute atomic E-state index is 13.1. The van der Waals surface area contributed by atoms with Crippen LogP contribution in [0.2, 0.25) is 0 Å². The number of thioether (sulfide) groups is 1. The van der Waals surface area contributed by atoms with Crippen molar-refractivity contribution in [2.24, 2.45) is 11.1 Å². The van der Waals surface area contributed by atoms with Crippen LogP contribution in [0.4, 0.5) is 9.93 Å². The van der Waals surface area contributed by atoms with Crippen molar-refractivity contribution in [3.63, 3.8) is 0 Å². The van der Waals surface area contributed by atoms with Crippen molar-refractivity contribution >= 4 is 63.6 Å². The molecule has 0 aliphatic carbocycles. The number of ether oxygens (including phenoxy) is 3. The van der Waals surface area contributed by atoms with Crippen molar-refractivity contribution in [2.75, 3.05) is 24.9 Å². The van der Waals surface area contributed by atoms with Gasteiger partial charge in [0.15, 0.2) is 5.13 Å². The van der Waals surface area contributed by atoms with E-state index in [2.05, 4.69) is 10.3 Å². The third kappa shape index (κ3) is 6.45. The summed E-state index contributed by atoms with van der Waals surface area (Å²) < 4.78 is 14.9. The van der Waals surface area contributed by atoms with Crippen molar-refractivity contribution in [1.82, 2.24) is 15.2 Å². The fraction of sp³-hybridized carbons (Fsp3) is 0.478. The predicted molar refractivity (Wildman–Crippen MR) is 139 cm³/mol. The number of β-lactam (4-membered cyclic amide) rings is 1. The Balaban J connectivity index is 1.77. The molecular weight excluding hydrogens is 538 g/mol. The number of hydrogen-bond donors (Lipinski definition) is 3. The van der Waals surface area contributed by atoms with Gasteiger partial charge in [0, 0.05) is 16.7 Å². The molecule has 206 valence electrons. The number of nitrogens with zero attached hydrogens (tertiary/aromatic N) is 2. The molecule has 1 aromatic rings. The summed E-state index contributed by atoms with van der Waals surface area (Å²) in [4.78, 5) is 67.6. The molecule has 2 aliphatic heterocycles. The number of hydrogen-bond acceptors (Lipinski definition) is 12. The van der Waals surface area contributed by atoms with E-state index in [-0.39, 0.29) is 29.2 Å². The summed E-state index contributed by atoms with van der Waals surface area (Å²) in [6, 6.07) is -0.941. The predicted octanol–water partition coefficient (Wildman–Crippen LogP) is 1.36. The Labute approximate surface area is 226 Å². The number of nitrogens with one attached hydrogen (secondary N) is 1. The van der Waals surface area contributed by atoms with Crippen LogP contribution in [0.25, 0.3) is 5.57 Å². The molecule has 0 aromatic carbocycles. The second-order valence-corrected chi connectivity index (χ2v) is 11.2. The number of fused-ring (bicyclic) bond motifs is 1. The first-order valence-corrected chi connectivity index (χ1v) is 13.4. The summed E-state index contributed by atoms with van der Waals surface area (Å²) >= 11 is 2.45. The third-order valence-electron chi connectivity index (χ3n) is 5.36. The van der Waals surface area contributed by atoms with Gasteiger partial charge in [-0.25, -0.2) is 14.6 Å². The number of primary amides is 1. The van der Waals surface area contributed by atoms with Crippen LogP contribution in [0.1, 0.15) is 39.8 Å². The summed E-state index contributed by atoms with van der Waals surface area (Å²) in [7, 11) is 0. The molecule has 3 rings (SSSR count). The average Bonchev–Trinajstić information content (AvgIpc) is 3.28. The Morgan fingerprint density at radius 2 is 1.95 bits per heavy atom. The second kappa shape index (κ2) is 11.9. The molecule has 0 radical (unpaired) electrons. The standard InChI is InChI=1S/C23H29N5O8S2/c1-5-6-12(13-9-38-21(24)26-13)16(29)27-14-17(30)28-15(11(7-34-22(25)33)8-37-18(14)28)19(31)35-10-36-20(32)23(2,3)4/h6,9,14,18H,5,7-8,10H2,1-4H3,(H2,24,26)(H2,25,33)(H,27,29)/b12-6+/t14-,18+/m1/s1. The molecular formula is C23H29N5O8S2. The third-order valence-corrected chi connectivity index (χ3v) is 7.37. The molecule has 3 amide bonds. The maximum atomic E-state index is 13.1. The second-order valence-electron chi connectivity index (χ2n) is 9.25. The van der Waals surface area contributed by atoms with Crippen LogP contribution in [0.5, 0.6) is 0 Å². The highest BCUT2D eigenvalue weighted by Crippen LogP contribution is 2.41. The molecule has 5 N–H and O–H groups in total. The molecule has 13 nitrogen and oxygen atoms in total. The summed E-state index contributed by atoms with van der Waals surface area (Å²) in [5, 5.41) is 4.03. The number of aromatic nitrogens is 1. The first-order chi connectivity index (χ1) is 17.8. The number of nitrogen functional groups attached to an aromatic ring is 1. The van der Waals surface area contributed by atoms with E-state index in [1.807, 2.05) is 6.92 Å². The molecule has 0 spiro atoms. The van der Waals surface area contributed by atoms with Crippen LogP contribution in [0, 0.1) is 5.41 Å². The molecule has 2 aliphatic rings. The molecule has 15 heteroatoms. The molecule has 1 saturated heterocycles. The minimum atomic E-state index is -1.06. The normalized spacial score (nSPS) is 19.3. The van der Waals surface area contributed by atoms with Crippen LogP contribution < -0.4 is 16.8 Å². The minimum Gasteiger partial charge on any atom is -0.445 e. The molecule has 0 bridgehead atoms. The highest BCUT2D eigenvalue weighted by Gasteiger charge is 2.54. The lowest BCUT2D eigenvalue weighted by Crippen LogP contribution is -2.70. The van der Waals surface area contributed by atoms with Gasteiger partial charge in [-0.3, -0.25) is 19.3 Å². The quantitative estimate of drug-likeness (QED) is 0.169. The van der Waals surface area contributed by atoms with E-state index >= 15 is 0 Å². The van der Waals surface area contributed by atoms with Crippen LogP contribution in [0.3, 0.4) is 0 Å². The summed E-state index contributed by atoms with van der Waals surface area (Å²) in [6.07, 6.45) is 1.17. The van der Waals surface area contributed by atoms with E-state index in [0.717, 1.165) is 4.90 Å². The largest absolute Gasteiger partial charge is 0.445 e. The molecule has 1 fully saturated rings. The van der Waals surface area contributed by atoms with E-state index in [1.54, 1.807) is 32.2 Å². The Morgan fingerprint density at radius 3 is 2.53 bits per heavy atom. The van der Waals surface area contributed by atoms with Crippen molar-refractivity contribution in [2.45, 2.75) is 45.5 Å². The first kappa shape index (κ1) is 29.0. The molecule has 38 heavy (non-hydrogen) atoms. The highest BCUT2D eigenvalue weighted by molar-refractivity contribution is 8.00. The summed E-state index contributed by atoms with van der Waals surface area (Å²) in [5.41, 5.74) is 10.7. The topological polar surface area (TPSA) is 193 Å². The number of amides is 3. The number of esters is 2. The number of thiazole rings is 1. The van der Waals surface area contributed by atoms with Crippen molar-refractivity contribution in [3.8, 4) is 0 Å². The number of nitrogens with two attached hydrogens (primary N) is 2. The van der Waals surface area contributed by atoms with Gasteiger partial charge in [-0.1, -0.05) is 13.0 Å². The fourth-order valence-corrected chi connectivity index (χ4v) is 5.40. The van der Waals surface area contributed by atoms with Gasteiger partial charge in [-0.15, -0.1) is 23.1 Å². The Bertz CT molecular complexity index is 1200. The monoisotopic (exact) mass is 567 g/mol. The van der Waals surface area contributed by atoms with Gasteiger partial charge < -0.3 is 31.0 Å². The Hall–Kier alpha value is -3.59. The number of rotatable bonds is 9. The number of carbonyl (C=O) groups is 5. The van der Waals surface area contributed by atoms with E-state index in [4.69, 9.17) is 25.7 Å². The number of allylic oxidation sites excluding steroid dienone is 1. The molecule has 1 aromatic heterocycles. The summed E-state index contributed by atoms with van der Waals surface area (Å²) in [6.45, 7) is 5.74. The van der Waals surface area contributed by atoms with E-state index in [0.29, 0.717) is 17.2 Å². The van der Waals surface area contributed by atoms with Gasteiger partial charge in [0.25, 0.3) is 11.8 Å². The zero-order chi connectivity index (χ0) is 28.2. The Morgan fingerprint density at radius 1 is 1.24 bits per heavy atom. The van der Waals surface area contributed by atoms with Gasteiger partial charge in [0.05, 0.1) is 16.7 Å². The van der Waals surface area contributed by atoms with Crippen molar-refractivity contribution < 1.29 is 38.2 Å². The highest BCUT2D eigenvalue weighted by atomic mass is 32.2. The zero-order valence-electron chi connectivity index (χ0n) is 21.3. The van der Waals surface area contributed by atoms with E-state index < -0.39 is 53.5 Å². The van der Waals surface area contributed by atoms with Gasteiger partial charge >= 0.3 is 18.0 Å². The first-order valence-electron chi connectivity index (χ1n) is 11.5. The lowest BCUT2D eigenvalue weighted by atomic mass is 9.98. The van der Waals surface area contributed by atoms with E-state index in [9.17, 15) is 24.0 Å². The smallest absolute Gasteiger partial charge is 0.404 e. The minimum absolute atomic E-state index is 0.158. The molecule has 0 unspecified atom stereocenters. The lowest BCUT2D eigenvalue weighted by Gasteiger charge is -2.49. The van der Waals surface area contributed by atoms with Gasteiger partial charge in [-0.2, -0.15) is 0 Å². The molecule has 2 atom stereocenters. The molecule has 3 heterocycles. The van der Waals surface area contributed by atoms with Crippen molar-refractivity contribution in [3.05, 3.63) is 28.4 Å². The van der Waals surface area contributed by atoms with Crippen LogP contribution in [-0.2, 0) is 33.4 Å². The molecule has 0 saturated carbocycles. The maximum Gasteiger partial charge on any atom is 0.404 e. The Kier molecular flexibility index (Phi) is 9.04.